The first-order valence-corrected chi connectivity index (χ1v) is 5.33. The molecule has 14 heavy (non-hydrogen) atoms. The Labute approximate surface area is 85.8 Å². The van der Waals surface area contributed by atoms with Crippen molar-refractivity contribution in [2.24, 2.45) is 11.7 Å². The monoisotopic (exact) mass is 199 g/mol. The van der Waals surface area contributed by atoms with Gasteiger partial charge in [0, 0.05) is 32.1 Å². The molecule has 3 N–H and O–H groups in total. The molecule has 1 amide bonds. The summed E-state index contributed by atoms with van der Waals surface area (Å²) in [7, 11) is 0. The van der Waals surface area contributed by atoms with Crippen LogP contribution in [-0.4, -0.2) is 43.0 Å². The van der Waals surface area contributed by atoms with Crippen LogP contribution in [0.25, 0.3) is 0 Å². The molecule has 0 bridgehead atoms. The zero-order chi connectivity index (χ0) is 10.6. The van der Waals surface area contributed by atoms with Crippen LogP contribution >= 0.6 is 0 Å². The molecule has 82 valence electrons. The van der Waals surface area contributed by atoms with Gasteiger partial charge in [0.05, 0.1) is 0 Å². The highest BCUT2D eigenvalue weighted by atomic mass is 16.1. The lowest BCUT2D eigenvalue weighted by atomic mass is 10.1. The van der Waals surface area contributed by atoms with Gasteiger partial charge in [0.15, 0.2) is 0 Å². The SMILES string of the molecule is CC(CN)CN1CCC(=O)NC(C)C1. The van der Waals surface area contributed by atoms with Gasteiger partial charge in [0.2, 0.25) is 5.91 Å². The molecule has 1 aliphatic heterocycles. The maximum atomic E-state index is 11.2. The summed E-state index contributed by atoms with van der Waals surface area (Å²) < 4.78 is 0. The third-order valence-electron chi connectivity index (χ3n) is 2.57. The minimum Gasteiger partial charge on any atom is -0.352 e. The highest BCUT2D eigenvalue weighted by Gasteiger charge is 2.19. The highest BCUT2D eigenvalue weighted by Crippen LogP contribution is 2.04. The number of nitrogens with two attached hydrogens (primary N) is 1. The van der Waals surface area contributed by atoms with Crippen LogP contribution in [0.3, 0.4) is 0 Å². The molecule has 4 heteroatoms. The van der Waals surface area contributed by atoms with E-state index in [4.69, 9.17) is 5.73 Å². The number of carbonyl (C=O) groups is 1. The van der Waals surface area contributed by atoms with Crippen molar-refractivity contribution < 1.29 is 4.79 Å². The molecule has 1 rings (SSSR count). The van der Waals surface area contributed by atoms with Crippen LogP contribution in [0.2, 0.25) is 0 Å². The van der Waals surface area contributed by atoms with Gasteiger partial charge in [-0.25, -0.2) is 0 Å². The van der Waals surface area contributed by atoms with Crippen LogP contribution < -0.4 is 11.1 Å². The van der Waals surface area contributed by atoms with Gasteiger partial charge in [-0.05, 0) is 19.4 Å². The summed E-state index contributed by atoms with van der Waals surface area (Å²) in [5, 5.41) is 2.95. The fraction of sp³-hybridized carbons (Fsp3) is 0.900. The van der Waals surface area contributed by atoms with Gasteiger partial charge >= 0.3 is 0 Å². The maximum Gasteiger partial charge on any atom is 0.221 e. The smallest absolute Gasteiger partial charge is 0.221 e. The van der Waals surface area contributed by atoms with Gasteiger partial charge in [-0.2, -0.15) is 0 Å². The van der Waals surface area contributed by atoms with Crippen LogP contribution in [0, 0.1) is 5.92 Å². The average Bonchev–Trinajstić information content (AvgIpc) is 2.27. The van der Waals surface area contributed by atoms with Crippen molar-refractivity contribution in [1.82, 2.24) is 10.2 Å². The van der Waals surface area contributed by atoms with E-state index < -0.39 is 0 Å². The molecule has 1 saturated heterocycles. The van der Waals surface area contributed by atoms with E-state index in [1.165, 1.54) is 0 Å². The molecule has 0 aromatic rings. The topological polar surface area (TPSA) is 58.4 Å². The van der Waals surface area contributed by atoms with Crippen LogP contribution in [0.5, 0.6) is 0 Å². The number of hydrogen-bond acceptors (Lipinski definition) is 3. The Hall–Kier alpha value is -0.610. The Kier molecular flexibility index (Phi) is 4.35. The van der Waals surface area contributed by atoms with E-state index in [1.54, 1.807) is 0 Å². The third-order valence-corrected chi connectivity index (χ3v) is 2.57. The Morgan fingerprint density at radius 1 is 1.71 bits per heavy atom. The van der Waals surface area contributed by atoms with Crippen LogP contribution in [0.15, 0.2) is 0 Å². The van der Waals surface area contributed by atoms with E-state index in [0.29, 0.717) is 18.9 Å². The molecule has 2 unspecified atom stereocenters. The number of rotatable bonds is 3. The van der Waals surface area contributed by atoms with E-state index in [1.807, 2.05) is 6.92 Å². The van der Waals surface area contributed by atoms with Crippen molar-refractivity contribution in [2.75, 3.05) is 26.2 Å². The summed E-state index contributed by atoms with van der Waals surface area (Å²) in [6.45, 7) is 7.70. The maximum absolute atomic E-state index is 11.2. The highest BCUT2D eigenvalue weighted by molar-refractivity contribution is 5.76. The summed E-state index contributed by atoms with van der Waals surface area (Å²) in [6.07, 6.45) is 0.613. The summed E-state index contributed by atoms with van der Waals surface area (Å²) in [6, 6.07) is 0.259. The lowest BCUT2D eigenvalue weighted by Crippen LogP contribution is -2.39. The van der Waals surface area contributed by atoms with Gasteiger partial charge in [0.1, 0.15) is 0 Å². The number of nitrogens with zero attached hydrogens (tertiary/aromatic N) is 1. The molecule has 4 nitrogen and oxygen atoms in total. The molecular weight excluding hydrogens is 178 g/mol. The quantitative estimate of drug-likeness (QED) is 0.661. The summed E-state index contributed by atoms with van der Waals surface area (Å²) in [5.41, 5.74) is 5.58. The zero-order valence-electron chi connectivity index (χ0n) is 9.12. The fourth-order valence-electron chi connectivity index (χ4n) is 1.81. The second-order valence-electron chi connectivity index (χ2n) is 4.32. The lowest BCUT2D eigenvalue weighted by molar-refractivity contribution is -0.121. The van der Waals surface area contributed by atoms with Crippen LogP contribution in [0.1, 0.15) is 20.3 Å². The molecule has 0 aromatic carbocycles. The molecule has 1 fully saturated rings. The van der Waals surface area contributed by atoms with Gasteiger partial charge in [-0.3, -0.25) is 4.79 Å². The zero-order valence-corrected chi connectivity index (χ0v) is 9.12. The summed E-state index contributed by atoms with van der Waals surface area (Å²) in [5.74, 6) is 0.677. The van der Waals surface area contributed by atoms with Crippen LogP contribution in [0.4, 0.5) is 0 Å². The van der Waals surface area contributed by atoms with E-state index in [-0.39, 0.29) is 11.9 Å². The number of carbonyl (C=O) groups excluding carboxylic acids is 1. The first-order valence-electron chi connectivity index (χ1n) is 5.33. The molecule has 0 radical (unpaired) electrons. The molecule has 2 atom stereocenters. The minimum absolute atomic E-state index is 0.167. The number of nitrogens with one attached hydrogen (secondary N) is 1. The molecular formula is C10H21N3O. The molecule has 1 heterocycles. The van der Waals surface area contributed by atoms with Gasteiger partial charge in [-0.1, -0.05) is 6.92 Å². The van der Waals surface area contributed by atoms with E-state index in [9.17, 15) is 4.79 Å². The van der Waals surface area contributed by atoms with E-state index >= 15 is 0 Å². The Bertz CT molecular complexity index is 196. The van der Waals surface area contributed by atoms with E-state index in [2.05, 4.69) is 17.1 Å². The Morgan fingerprint density at radius 3 is 3.07 bits per heavy atom. The van der Waals surface area contributed by atoms with Crippen molar-refractivity contribution in [1.29, 1.82) is 0 Å². The van der Waals surface area contributed by atoms with Crippen LogP contribution in [-0.2, 0) is 4.79 Å². The Balaban J connectivity index is 2.41. The predicted octanol–water partition coefficient (Wildman–Crippen LogP) is -0.208. The van der Waals surface area contributed by atoms with Crippen molar-refractivity contribution in [3.63, 3.8) is 0 Å². The van der Waals surface area contributed by atoms with Crippen molar-refractivity contribution in [3.8, 4) is 0 Å². The fourth-order valence-corrected chi connectivity index (χ4v) is 1.81. The van der Waals surface area contributed by atoms with Crippen molar-refractivity contribution in [2.45, 2.75) is 26.3 Å². The molecule has 0 aromatic heterocycles. The van der Waals surface area contributed by atoms with Gasteiger partial charge in [-0.15, -0.1) is 0 Å². The second-order valence-corrected chi connectivity index (χ2v) is 4.32. The first kappa shape index (κ1) is 11.5. The standard InChI is InChI=1S/C10H21N3O/c1-8(5-11)6-13-4-3-10(14)12-9(2)7-13/h8-9H,3-7,11H2,1-2H3,(H,12,14). The first-order chi connectivity index (χ1) is 6.61. The van der Waals surface area contributed by atoms with Gasteiger partial charge in [0.25, 0.3) is 0 Å². The summed E-state index contributed by atoms with van der Waals surface area (Å²) >= 11 is 0. The largest absolute Gasteiger partial charge is 0.352 e. The lowest BCUT2D eigenvalue weighted by Gasteiger charge is -2.24. The minimum atomic E-state index is 0.167. The molecule has 0 saturated carbocycles. The molecule has 0 spiro atoms. The van der Waals surface area contributed by atoms with Crippen molar-refractivity contribution in [3.05, 3.63) is 0 Å². The van der Waals surface area contributed by atoms with Crippen molar-refractivity contribution >= 4 is 5.91 Å². The summed E-state index contributed by atoms with van der Waals surface area (Å²) in [4.78, 5) is 13.6. The van der Waals surface area contributed by atoms with E-state index in [0.717, 1.165) is 19.6 Å². The van der Waals surface area contributed by atoms with Gasteiger partial charge < -0.3 is 16.0 Å². The Morgan fingerprint density at radius 2 is 2.43 bits per heavy atom. The number of hydrogen-bond donors (Lipinski definition) is 2. The molecule has 1 aliphatic rings. The average molecular weight is 199 g/mol. The third kappa shape index (κ3) is 3.64. The second kappa shape index (κ2) is 5.32. The normalized spacial score (nSPS) is 26.8. The molecule has 0 aliphatic carbocycles. The predicted molar refractivity (Wildman–Crippen MR) is 56.9 cm³/mol. The number of amides is 1.